The lowest BCUT2D eigenvalue weighted by atomic mass is 10.1. The lowest BCUT2D eigenvalue weighted by Gasteiger charge is -2.16. The highest BCUT2D eigenvalue weighted by Gasteiger charge is 2.20. The Balaban J connectivity index is 0.00000320. The topological polar surface area (TPSA) is 67.4 Å². The van der Waals surface area contributed by atoms with Crippen molar-refractivity contribution in [2.75, 3.05) is 32.8 Å². The molecule has 0 radical (unpaired) electrons. The Morgan fingerprint density at radius 2 is 1.83 bits per heavy atom. The first-order valence-electron chi connectivity index (χ1n) is 9.04. The van der Waals surface area contributed by atoms with Gasteiger partial charge in [0.25, 0.3) is 0 Å². The fraction of sp³-hybridized carbons (Fsp3) is 0.350. The average Bonchev–Trinajstić information content (AvgIpc) is 3.15. The summed E-state index contributed by atoms with van der Waals surface area (Å²) in [6.45, 7) is -2.11. The molecule has 0 fully saturated rings. The number of anilines is 1. The van der Waals surface area contributed by atoms with Crippen LogP contribution in [0.1, 0.15) is 11.1 Å². The SMILES string of the molecule is CN=C(NCc1cccc(N(C)C)c1)NCc1cc2c(cc1OC(F)F)OCO2.I. The van der Waals surface area contributed by atoms with Crippen LogP contribution >= 0.6 is 24.0 Å². The first-order valence-corrected chi connectivity index (χ1v) is 9.04. The quantitative estimate of drug-likeness (QED) is 0.322. The zero-order valence-electron chi connectivity index (χ0n) is 16.9. The van der Waals surface area contributed by atoms with Crippen molar-refractivity contribution in [3.05, 3.63) is 47.5 Å². The zero-order chi connectivity index (χ0) is 20.8. The molecule has 2 N–H and O–H groups in total. The molecule has 2 aromatic rings. The zero-order valence-corrected chi connectivity index (χ0v) is 19.3. The van der Waals surface area contributed by atoms with Crippen molar-refractivity contribution in [1.82, 2.24) is 10.6 Å². The van der Waals surface area contributed by atoms with E-state index in [0.29, 0.717) is 29.6 Å². The van der Waals surface area contributed by atoms with Crippen LogP contribution in [-0.4, -0.2) is 40.5 Å². The number of halogens is 3. The van der Waals surface area contributed by atoms with Crippen LogP contribution in [0.2, 0.25) is 0 Å². The van der Waals surface area contributed by atoms with Gasteiger partial charge in [0, 0.05) is 51.5 Å². The predicted octanol–water partition coefficient (Wildman–Crippen LogP) is 3.57. The van der Waals surface area contributed by atoms with E-state index >= 15 is 0 Å². The van der Waals surface area contributed by atoms with Crippen LogP contribution in [-0.2, 0) is 13.1 Å². The van der Waals surface area contributed by atoms with Gasteiger partial charge in [-0.1, -0.05) is 12.1 Å². The lowest BCUT2D eigenvalue weighted by molar-refractivity contribution is -0.0505. The third-order valence-electron chi connectivity index (χ3n) is 4.33. The molecule has 0 atom stereocenters. The normalized spacial score (nSPS) is 12.4. The van der Waals surface area contributed by atoms with Crippen LogP contribution in [0.4, 0.5) is 14.5 Å². The van der Waals surface area contributed by atoms with E-state index in [2.05, 4.69) is 26.4 Å². The van der Waals surface area contributed by atoms with E-state index in [1.54, 1.807) is 13.1 Å². The molecular weight excluding hydrogens is 509 g/mol. The second kappa shape index (κ2) is 11.0. The summed E-state index contributed by atoms with van der Waals surface area (Å²) in [5.41, 5.74) is 2.69. The van der Waals surface area contributed by atoms with E-state index in [-0.39, 0.29) is 43.1 Å². The smallest absolute Gasteiger partial charge is 0.387 e. The lowest BCUT2D eigenvalue weighted by Crippen LogP contribution is -2.36. The highest BCUT2D eigenvalue weighted by atomic mass is 127. The summed E-state index contributed by atoms with van der Waals surface area (Å²) >= 11 is 0. The van der Waals surface area contributed by atoms with E-state index < -0.39 is 6.61 Å². The first kappa shape index (κ1) is 23.8. The van der Waals surface area contributed by atoms with Crippen molar-refractivity contribution >= 4 is 35.6 Å². The monoisotopic (exact) mass is 534 g/mol. The second-order valence-electron chi connectivity index (χ2n) is 6.54. The molecule has 0 unspecified atom stereocenters. The highest BCUT2D eigenvalue weighted by molar-refractivity contribution is 14.0. The van der Waals surface area contributed by atoms with E-state index in [4.69, 9.17) is 9.47 Å². The van der Waals surface area contributed by atoms with Crippen molar-refractivity contribution in [2.24, 2.45) is 4.99 Å². The standard InChI is InChI=1S/C20H24F2N4O3.HI/c1-23-20(24-10-13-5-4-6-15(7-13)26(2)3)25-11-14-8-17-18(28-12-27-17)9-16(14)29-19(21)22;/h4-9,19H,10-12H2,1-3H3,(H2,23,24,25);1H. The van der Waals surface area contributed by atoms with Crippen molar-refractivity contribution < 1.29 is 23.0 Å². The van der Waals surface area contributed by atoms with E-state index in [0.717, 1.165) is 11.3 Å². The third kappa shape index (κ3) is 6.25. The molecule has 0 saturated heterocycles. The maximum absolute atomic E-state index is 12.8. The van der Waals surface area contributed by atoms with Gasteiger partial charge in [0.2, 0.25) is 6.79 Å². The van der Waals surface area contributed by atoms with Crippen LogP contribution in [0.5, 0.6) is 17.2 Å². The van der Waals surface area contributed by atoms with Crippen molar-refractivity contribution in [3.63, 3.8) is 0 Å². The first-order chi connectivity index (χ1) is 14.0. The number of hydrogen-bond donors (Lipinski definition) is 2. The minimum absolute atomic E-state index is 0. The Morgan fingerprint density at radius 1 is 1.13 bits per heavy atom. The van der Waals surface area contributed by atoms with Gasteiger partial charge in [0.15, 0.2) is 17.5 Å². The number of aliphatic imine (C=N–C) groups is 1. The summed E-state index contributed by atoms with van der Waals surface area (Å²) < 4.78 is 40.7. The number of guanidine groups is 1. The summed E-state index contributed by atoms with van der Waals surface area (Å²) in [4.78, 5) is 6.21. The van der Waals surface area contributed by atoms with Crippen LogP contribution < -0.4 is 29.7 Å². The molecule has 0 spiro atoms. The summed E-state index contributed by atoms with van der Waals surface area (Å²) in [5, 5.41) is 6.32. The molecule has 10 heteroatoms. The van der Waals surface area contributed by atoms with Gasteiger partial charge in [0.05, 0.1) is 0 Å². The number of alkyl halides is 2. The molecule has 2 aromatic carbocycles. The van der Waals surface area contributed by atoms with Gasteiger partial charge >= 0.3 is 6.61 Å². The molecular formula is C20H25F2IN4O3. The Bertz CT molecular complexity index is 881. The number of nitrogens with one attached hydrogen (secondary N) is 2. The van der Waals surface area contributed by atoms with Crippen LogP contribution in [0.25, 0.3) is 0 Å². The van der Waals surface area contributed by atoms with E-state index in [9.17, 15) is 8.78 Å². The van der Waals surface area contributed by atoms with Gasteiger partial charge in [0.1, 0.15) is 5.75 Å². The molecule has 164 valence electrons. The fourth-order valence-electron chi connectivity index (χ4n) is 2.84. The minimum atomic E-state index is -2.93. The molecule has 1 aliphatic heterocycles. The average molecular weight is 534 g/mol. The number of fused-ring (bicyclic) bond motifs is 1. The number of hydrogen-bond acceptors (Lipinski definition) is 5. The number of rotatable bonds is 7. The van der Waals surface area contributed by atoms with Gasteiger partial charge in [-0.3, -0.25) is 4.99 Å². The molecule has 0 bridgehead atoms. The largest absolute Gasteiger partial charge is 0.454 e. The maximum atomic E-state index is 12.8. The summed E-state index contributed by atoms with van der Waals surface area (Å²) in [7, 11) is 5.61. The summed E-state index contributed by atoms with van der Waals surface area (Å²) in [6.07, 6.45) is 0. The summed E-state index contributed by atoms with van der Waals surface area (Å²) in [6, 6.07) is 11.1. The number of benzene rings is 2. The minimum Gasteiger partial charge on any atom is -0.454 e. The summed E-state index contributed by atoms with van der Waals surface area (Å²) in [5.74, 6) is 1.44. The Labute approximate surface area is 191 Å². The molecule has 0 saturated carbocycles. The van der Waals surface area contributed by atoms with E-state index in [1.165, 1.54) is 6.07 Å². The molecule has 1 aliphatic rings. The molecule has 1 heterocycles. The van der Waals surface area contributed by atoms with Gasteiger partial charge in [-0.25, -0.2) is 0 Å². The molecule has 7 nitrogen and oxygen atoms in total. The maximum Gasteiger partial charge on any atom is 0.387 e. The number of ether oxygens (including phenoxy) is 3. The van der Waals surface area contributed by atoms with E-state index in [1.807, 2.05) is 37.2 Å². The van der Waals surface area contributed by atoms with Gasteiger partial charge in [-0.2, -0.15) is 8.78 Å². The van der Waals surface area contributed by atoms with Gasteiger partial charge in [-0.15, -0.1) is 24.0 Å². The fourth-order valence-corrected chi connectivity index (χ4v) is 2.84. The highest BCUT2D eigenvalue weighted by Crippen LogP contribution is 2.38. The molecule has 0 amide bonds. The second-order valence-corrected chi connectivity index (χ2v) is 6.54. The molecule has 3 rings (SSSR count). The van der Waals surface area contributed by atoms with Crippen LogP contribution in [0.15, 0.2) is 41.4 Å². The Kier molecular flexibility index (Phi) is 8.75. The number of nitrogens with zero attached hydrogens (tertiary/aromatic N) is 2. The Hall–Kier alpha value is -2.50. The molecule has 0 aromatic heterocycles. The van der Waals surface area contributed by atoms with Crippen molar-refractivity contribution in [3.8, 4) is 17.2 Å². The Morgan fingerprint density at radius 3 is 2.50 bits per heavy atom. The van der Waals surface area contributed by atoms with Gasteiger partial charge < -0.3 is 29.7 Å². The predicted molar refractivity (Wildman–Crippen MR) is 122 cm³/mol. The van der Waals surface area contributed by atoms with Crippen molar-refractivity contribution in [1.29, 1.82) is 0 Å². The van der Waals surface area contributed by atoms with Crippen molar-refractivity contribution in [2.45, 2.75) is 19.7 Å². The van der Waals surface area contributed by atoms with Crippen LogP contribution in [0, 0.1) is 0 Å². The molecule has 30 heavy (non-hydrogen) atoms. The van der Waals surface area contributed by atoms with Crippen LogP contribution in [0.3, 0.4) is 0 Å². The third-order valence-corrected chi connectivity index (χ3v) is 4.33. The molecule has 0 aliphatic carbocycles. The van der Waals surface area contributed by atoms with Gasteiger partial charge in [-0.05, 0) is 23.8 Å².